The van der Waals surface area contributed by atoms with E-state index in [0.717, 1.165) is 98.6 Å². The second kappa shape index (κ2) is 18.1. The van der Waals surface area contributed by atoms with Crippen molar-refractivity contribution in [2.75, 3.05) is 5.43 Å². The van der Waals surface area contributed by atoms with Crippen molar-refractivity contribution in [1.82, 2.24) is 23.4 Å². The average Bonchev–Trinajstić information content (AvgIpc) is 2.89. The summed E-state index contributed by atoms with van der Waals surface area (Å²) >= 11 is 1.80. The number of nitrogens with zero attached hydrogens (tertiary/aromatic N) is 6. The van der Waals surface area contributed by atoms with Crippen molar-refractivity contribution in [2.45, 2.75) is 0 Å². The van der Waals surface area contributed by atoms with E-state index in [1.165, 1.54) is 42.7 Å². The minimum atomic E-state index is 0.145. The molecule has 9 heteroatoms. The van der Waals surface area contributed by atoms with Gasteiger partial charge in [0.2, 0.25) is 0 Å². The Kier molecular flexibility index (Phi) is 10.2. The molecule has 0 aliphatic heterocycles. The van der Waals surface area contributed by atoms with Crippen molar-refractivity contribution in [3.05, 3.63) is 278 Å². The number of aromatic nitrogens is 5. The van der Waals surface area contributed by atoms with Gasteiger partial charge in [-0.05, 0) is 90.0 Å². The maximum absolute atomic E-state index is 9.62. The standard InChI is InChI=1S/C73H46N8S/c74-71(76-72(47-17-3-1-4-18-47)77-81-66-30-16-11-24-54(66)57-38-37-56-53-23-9-14-28-63(53)79(68(56)69(57)81)49-19-5-2-6-20-49)46-33-31-45(32-34-46)48-35-39-65-59(43-48)55-25-10-15-29-64(55)80(65)73-70-58(41-42-75-73)60-44-50(36-40-67(60)82-70)78-61-26-12-7-21-51(61)52-22-8-13-27-62(52)78/h1-44H,(H2,74,76,77). The zero-order valence-electron chi connectivity index (χ0n) is 44.0. The summed E-state index contributed by atoms with van der Waals surface area (Å²) in [7, 11) is 0. The van der Waals surface area contributed by atoms with Gasteiger partial charge in [0.05, 0.1) is 48.8 Å². The van der Waals surface area contributed by atoms with Crippen molar-refractivity contribution in [3.63, 3.8) is 0 Å². The van der Waals surface area contributed by atoms with Crippen LogP contribution in [0.4, 0.5) is 0 Å². The lowest BCUT2D eigenvalue weighted by Gasteiger charge is -2.16. The molecule has 6 aromatic heterocycles. The molecule has 0 saturated carbocycles. The number of hydrogen-bond donors (Lipinski definition) is 2. The maximum atomic E-state index is 9.62. The summed E-state index contributed by atoms with van der Waals surface area (Å²) in [6.45, 7) is 0. The number of rotatable bonds is 7. The van der Waals surface area contributed by atoms with E-state index in [-0.39, 0.29) is 5.84 Å². The van der Waals surface area contributed by atoms with Gasteiger partial charge in [0, 0.05) is 87.3 Å². The SMILES string of the molecule is N=C(N=C(Nn1c2ccccc2c2ccc3c4ccccc4n(-c4ccccc4)c3c21)c1ccccc1)c1ccc(-c2ccc3c(c2)c2ccccc2n3-c2nccc3c2sc2ccc(-n4c5ccccc5c5ccccc54)cc23)cc1. The summed E-state index contributed by atoms with van der Waals surface area (Å²) in [4.78, 5) is 10.3. The van der Waals surface area contributed by atoms with Crippen LogP contribution in [0.1, 0.15) is 11.1 Å². The highest BCUT2D eigenvalue weighted by molar-refractivity contribution is 7.26. The Hall–Kier alpha value is -10.9. The minimum absolute atomic E-state index is 0.145. The number of para-hydroxylation sites is 6. The summed E-state index contributed by atoms with van der Waals surface area (Å²) in [5, 5.41) is 21.4. The van der Waals surface area contributed by atoms with Gasteiger partial charge in [0.15, 0.2) is 17.5 Å². The number of pyridine rings is 1. The first-order chi connectivity index (χ1) is 40.6. The van der Waals surface area contributed by atoms with E-state index >= 15 is 0 Å². The smallest absolute Gasteiger partial charge is 0.155 e. The lowest BCUT2D eigenvalue weighted by molar-refractivity contribution is 1.07. The van der Waals surface area contributed by atoms with Crippen LogP contribution in [-0.4, -0.2) is 35.0 Å². The molecular formula is C73H46N8S. The molecule has 0 aliphatic rings. The second-order valence-electron chi connectivity index (χ2n) is 21.0. The van der Waals surface area contributed by atoms with Crippen molar-refractivity contribution in [1.29, 1.82) is 5.41 Å². The quantitative estimate of drug-likeness (QED) is 0.123. The maximum Gasteiger partial charge on any atom is 0.155 e. The van der Waals surface area contributed by atoms with Crippen LogP contribution in [0.5, 0.6) is 0 Å². The fourth-order valence-corrected chi connectivity index (χ4v) is 14.0. The summed E-state index contributed by atoms with van der Waals surface area (Å²) < 4.78 is 11.6. The van der Waals surface area contributed by atoms with E-state index in [1.54, 1.807) is 11.3 Å². The molecule has 11 aromatic carbocycles. The van der Waals surface area contributed by atoms with Crippen LogP contribution in [0.15, 0.2) is 272 Å². The third kappa shape index (κ3) is 6.93. The highest BCUT2D eigenvalue weighted by Crippen LogP contribution is 2.44. The molecule has 8 nitrogen and oxygen atoms in total. The molecule has 0 unspecified atom stereocenters. The predicted octanol–water partition coefficient (Wildman–Crippen LogP) is 18.5. The van der Waals surface area contributed by atoms with E-state index in [0.29, 0.717) is 11.4 Å². The Morgan fingerprint density at radius 2 is 0.915 bits per heavy atom. The highest BCUT2D eigenvalue weighted by atomic mass is 32.1. The molecule has 384 valence electrons. The molecular weight excluding hydrogens is 1020 g/mol. The third-order valence-electron chi connectivity index (χ3n) is 16.5. The topological polar surface area (TPSA) is 80.8 Å². The lowest BCUT2D eigenvalue weighted by atomic mass is 10.0. The molecule has 17 rings (SSSR count). The lowest BCUT2D eigenvalue weighted by Crippen LogP contribution is -2.25. The Balaban J connectivity index is 0.741. The van der Waals surface area contributed by atoms with Gasteiger partial charge in [-0.2, -0.15) is 0 Å². The highest BCUT2D eigenvalue weighted by Gasteiger charge is 2.23. The van der Waals surface area contributed by atoms with E-state index in [1.807, 2.05) is 48.7 Å². The fourth-order valence-electron chi connectivity index (χ4n) is 12.9. The van der Waals surface area contributed by atoms with Crippen molar-refractivity contribution in [3.8, 4) is 28.3 Å². The monoisotopic (exact) mass is 1070 g/mol. The first-order valence-corrected chi connectivity index (χ1v) is 28.4. The van der Waals surface area contributed by atoms with Crippen LogP contribution in [0.2, 0.25) is 0 Å². The van der Waals surface area contributed by atoms with Crippen molar-refractivity contribution < 1.29 is 0 Å². The molecule has 17 aromatic rings. The first kappa shape index (κ1) is 46.1. The largest absolute Gasteiger partial charge is 0.309 e. The van der Waals surface area contributed by atoms with Crippen LogP contribution in [-0.2, 0) is 0 Å². The van der Waals surface area contributed by atoms with Gasteiger partial charge in [-0.25, -0.2) is 9.98 Å². The van der Waals surface area contributed by atoms with Gasteiger partial charge in [-0.3, -0.25) is 20.1 Å². The molecule has 0 atom stereocenters. The number of thiophene rings is 1. The minimum Gasteiger partial charge on any atom is -0.309 e. The van der Waals surface area contributed by atoms with Crippen LogP contribution in [0.25, 0.3) is 136 Å². The number of hydrogen-bond acceptors (Lipinski definition) is 3. The predicted molar refractivity (Wildman–Crippen MR) is 344 cm³/mol. The summed E-state index contributed by atoms with van der Waals surface area (Å²) in [6, 6.07) is 92.4. The summed E-state index contributed by atoms with van der Waals surface area (Å²) in [5.41, 5.74) is 18.6. The van der Waals surface area contributed by atoms with Gasteiger partial charge < -0.3 is 9.13 Å². The zero-order valence-corrected chi connectivity index (χ0v) is 44.8. The van der Waals surface area contributed by atoms with E-state index in [2.05, 4.69) is 242 Å². The van der Waals surface area contributed by atoms with E-state index in [4.69, 9.17) is 9.98 Å². The fraction of sp³-hybridized carbons (Fsp3) is 0. The summed E-state index contributed by atoms with van der Waals surface area (Å²) in [6.07, 6.45) is 1.96. The van der Waals surface area contributed by atoms with E-state index in [9.17, 15) is 5.41 Å². The van der Waals surface area contributed by atoms with Crippen LogP contribution < -0.4 is 5.43 Å². The molecule has 2 N–H and O–H groups in total. The summed E-state index contributed by atoms with van der Waals surface area (Å²) in [5.74, 6) is 1.63. The van der Waals surface area contributed by atoms with E-state index < -0.39 is 0 Å². The molecule has 82 heavy (non-hydrogen) atoms. The van der Waals surface area contributed by atoms with Crippen molar-refractivity contribution in [2.24, 2.45) is 4.99 Å². The number of nitrogens with one attached hydrogen (secondary N) is 2. The molecule has 0 aliphatic carbocycles. The molecule has 6 heterocycles. The Labute approximate surface area is 473 Å². The van der Waals surface area contributed by atoms with Gasteiger partial charge in [0.25, 0.3) is 0 Å². The number of aliphatic imine (C=N–C) groups is 1. The first-order valence-electron chi connectivity index (χ1n) is 27.6. The number of amidine groups is 2. The molecule has 0 spiro atoms. The molecule has 0 bridgehead atoms. The van der Waals surface area contributed by atoms with Crippen LogP contribution in [0, 0.1) is 5.41 Å². The number of fused-ring (bicyclic) bond motifs is 16. The number of benzene rings is 11. The second-order valence-corrected chi connectivity index (χ2v) is 22.1. The van der Waals surface area contributed by atoms with Gasteiger partial charge in [-0.1, -0.05) is 182 Å². The normalized spacial score (nSPS) is 12.3. The third-order valence-corrected chi connectivity index (χ3v) is 17.7. The Morgan fingerprint density at radius 1 is 0.378 bits per heavy atom. The van der Waals surface area contributed by atoms with Gasteiger partial charge >= 0.3 is 0 Å². The Morgan fingerprint density at radius 3 is 1.60 bits per heavy atom. The van der Waals surface area contributed by atoms with Crippen molar-refractivity contribution >= 4 is 130 Å². The van der Waals surface area contributed by atoms with Crippen LogP contribution >= 0.6 is 11.3 Å². The molecule has 0 fully saturated rings. The molecule has 0 saturated heterocycles. The molecule has 0 radical (unpaired) electrons. The Bertz CT molecular complexity index is 5450. The van der Waals surface area contributed by atoms with Gasteiger partial charge in [-0.15, -0.1) is 11.3 Å². The van der Waals surface area contributed by atoms with Gasteiger partial charge in [0.1, 0.15) is 0 Å². The zero-order chi connectivity index (χ0) is 54.0. The average molecular weight is 1070 g/mol. The van der Waals surface area contributed by atoms with Crippen LogP contribution in [0.3, 0.4) is 0 Å². The molecule has 0 amide bonds.